The van der Waals surface area contributed by atoms with Gasteiger partial charge >= 0.3 is 5.97 Å². The third-order valence-electron chi connectivity index (χ3n) is 4.77. The van der Waals surface area contributed by atoms with Gasteiger partial charge in [-0.2, -0.15) is 0 Å². The molecule has 0 spiro atoms. The van der Waals surface area contributed by atoms with Crippen LogP contribution in [-0.2, 0) is 9.53 Å². The monoisotopic (exact) mass is 449 g/mol. The molecule has 31 heavy (non-hydrogen) atoms. The van der Waals surface area contributed by atoms with E-state index < -0.39 is 18.0 Å². The molecule has 0 radical (unpaired) electrons. The van der Waals surface area contributed by atoms with E-state index in [0.29, 0.717) is 16.3 Å². The Morgan fingerprint density at radius 3 is 2.26 bits per heavy atom. The van der Waals surface area contributed by atoms with Crippen LogP contribution in [0.1, 0.15) is 32.5 Å². The van der Waals surface area contributed by atoms with Crippen LogP contribution < -0.4 is 5.32 Å². The summed E-state index contributed by atoms with van der Waals surface area (Å²) >= 11 is 7.69. The Balaban J connectivity index is 1.64. The minimum Gasteiger partial charge on any atom is -0.443 e. The van der Waals surface area contributed by atoms with Gasteiger partial charge in [0.15, 0.2) is 0 Å². The number of benzene rings is 3. The van der Waals surface area contributed by atoms with Crippen LogP contribution in [0.2, 0.25) is 5.02 Å². The van der Waals surface area contributed by atoms with Crippen molar-refractivity contribution in [2.75, 3.05) is 5.32 Å². The smallest absolute Gasteiger partial charge is 0.351 e. The summed E-state index contributed by atoms with van der Waals surface area (Å²) in [5, 5.41) is 4.00. The lowest BCUT2D eigenvalue weighted by atomic mass is 10.1. The molecular weight excluding hydrogens is 430 g/mol. The molecule has 0 aliphatic rings. The molecule has 1 aromatic heterocycles. The number of anilines is 1. The summed E-state index contributed by atoms with van der Waals surface area (Å²) in [4.78, 5) is 26.4. The average molecular weight is 450 g/mol. The Morgan fingerprint density at radius 1 is 0.935 bits per heavy atom. The van der Waals surface area contributed by atoms with Gasteiger partial charge in [0.2, 0.25) is 6.10 Å². The van der Waals surface area contributed by atoms with Crippen LogP contribution in [0, 0.1) is 13.8 Å². The van der Waals surface area contributed by atoms with Crippen molar-refractivity contribution < 1.29 is 14.3 Å². The van der Waals surface area contributed by atoms with Gasteiger partial charge in [-0.1, -0.05) is 66.2 Å². The number of thiophene rings is 1. The number of ether oxygens (including phenoxy) is 1. The van der Waals surface area contributed by atoms with Gasteiger partial charge in [-0.15, -0.1) is 11.3 Å². The Bertz CT molecular complexity index is 1250. The molecular formula is C25H20ClNO3S. The molecule has 0 saturated heterocycles. The molecule has 1 unspecified atom stereocenters. The Labute approximate surface area is 189 Å². The number of rotatable bonds is 5. The average Bonchev–Trinajstić information content (AvgIpc) is 3.08. The molecule has 4 rings (SSSR count). The number of aryl methyl sites for hydroxylation is 2. The van der Waals surface area contributed by atoms with Crippen LogP contribution in [0.4, 0.5) is 5.69 Å². The molecule has 0 saturated carbocycles. The second-order valence-corrected chi connectivity index (χ2v) is 8.73. The van der Waals surface area contributed by atoms with Crippen molar-refractivity contribution in [3.8, 4) is 0 Å². The van der Waals surface area contributed by atoms with E-state index in [9.17, 15) is 9.59 Å². The van der Waals surface area contributed by atoms with E-state index in [1.54, 1.807) is 24.3 Å². The zero-order chi connectivity index (χ0) is 22.0. The lowest BCUT2D eigenvalue weighted by Crippen LogP contribution is -2.25. The summed E-state index contributed by atoms with van der Waals surface area (Å²) < 4.78 is 6.59. The van der Waals surface area contributed by atoms with Crippen molar-refractivity contribution in [2.45, 2.75) is 20.0 Å². The highest BCUT2D eigenvalue weighted by molar-refractivity contribution is 7.21. The van der Waals surface area contributed by atoms with Crippen molar-refractivity contribution in [1.29, 1.82) is 0 Å². The summed E-state index contributed by atoms with van der Waals surface area (Å²) in [6.45, 7) is 3.92. The molecule has 4 aromatic rings. The number of nitrogens with one attached hydrogen (secondary N) is 1. The number of esters is 1. The fourth-order valence-electron chi connectivity index (χ4n) is 3.46. The number of halogens is 1. The highest BCUT2D eigenvalue weighted by atomic mass is 35.5. The summed E-state index contributed by atoms with van der Waals surface area (Å²) in [6, 6.07) is 22.2. The van der Waals surface area contributed by atoms with E-state index in [4.69, 9.17) is 16.3 Å². The molecule has 0 bridgehead atoms. The van der Waals surface area contributed by atoms with Gasteiger partial charge in [-0.25, -0.2) is 4.79 Å². The molecule has 1 heterocycles. The number of amides is 1. The third kappa shape index (κ3) is 4.63. The Kier molecular flexibility index (Phi) is 6.07. The van der Waals surface area contributed by atoms with Crippen molar-refractivity contribution in [3.05, 3.63) is 99.4 Å². The predicted molar refractivity (Wildman–Crippen MR) is 126 cm³/mol. The maximum Gasteiger partial charge on any atom is 0.351 e. The minimum absolute atomic E-state index is 0.281. The Morgan fingerprint density at radius 2 is 1.58 bits per heavy atom. The number of fused-ring (bicyclic) bond motifs is 1. The zero-order valence-corrected chi connectivity index (χ0v) is 18.6. The molecule has 4 nitrogen and oxygen atoms in total. The van der Waals surface area contributed by atoms with Gasteiger partial charge in [-0.3, -0.25) is 4.79 Å². The fourth-order valence-corrected chi connectivity index (χ4v) is 4.85. The third-order valence-corrected chi connectivity index (χ3v) is 6.43. The van der Waals surface area contributed by atoms with Gasteiger partial charge in [0.1, 0.15) is 4.88 Å². The lowest BCUT2D eigenvalue weighted by Gasteiger charge is -2.18. The summed E-state index contributed by atoms with van der Waals surface area (Å²) in [5.41, 5.74) is 3.29. The van der Waals surface area contributed by atoms with E-state index >= 15 is 0 Å². The molecule has 0 aliphatic carbocycles. The van der Waals surface area contributed by atoms with Crippen molar-refractivity contribution in [3.63, 3.8) is 0 Å². The lowest BCUT2D eigenvalue weighted by molar-refractivity contribution is -0.125. The number of carbonyl (C=O) groups excluding carboxylic acids is 2. The van der Waals surface area contributed by atoms with Crippen LogP contribution in [0.25, 0.3) is 10.1 Å². The van der Waals surface area contributed by atoms with Crippen LogP contribution in [0.3, 0.4) is 0 Å². The normalized spacial score (nSPS) is 11.8. The van der Waals surface area contributed by atoms with Gasteiger partial charge in [0.25, 0.3) is 5.91 Å². The number of hydrogen-bond donors (Lipinski definition) is 1. The molecule has 1 N–H and O–H groups in total. The molecule has 1 atom stereocenters. The number of hydrogen-bond acceptors (Lipinski definition) is 4. The molecule has 0 fully saturated rings. The summed E-state index contributed by atoms with van der Waals surface area (Å²) in [5.74, 6) is -1.06. The van der Waals surface area contributed by atoms with Gasteiger partial charge in [-0.05, 0) is 43.2 Å². The largest absolute Gasteiger partial charge is 0.443 e. The van der Waals surface area contributed by atoms with Gasteiger partial charge < -0.3 is 10.1 Å². The molecule has 6 heteroatoms. The van der Waals surface area contributed by atoms with Crippen LogP contribution >= 0.6 is 22.9 Å². The quantitative estimate of drug-likeness (QED) is 0.344. The predicted octanol–water partition coefficient (Wildman–Crippen LogP) is 6.71. The van der Waals surface area contributed by atoms with Crippen molar-refractivity contribution in [1.82, 2.24) is 0 Å². The van der Waals surface area contributed by atoms with E-state index in [1.807, 2.05) is 62.4 Å². The van der Waals surface area contributed by atoms with Crippen molar-refractivity contribution in [2.24, 2.45) is 0 Å². The summed E-state index contributed by atoms with van der Waals surface area (Å²) in [7, 11) is 0. The number of carbonyl (C=O) groups is 2. The van der Waals surface area contributed by atoms with Gasteiger partial charge in [0, 0.05) is 21.3 Å². The van der Waals surface area contributed by atoms with E-state index in [1.165, 1.54) is 11.3 Å². The highest BCUT2D eigenvalue weighted by Crippen LogP contribution is 2.36. The van der Waals surface area contributed by atoms with E-state index in [0.717, 1.165) is 21.2 Å². The first-order valence-electron chi connectivity index (χ1n) is 9.74. The molecule has 156 valence electrons. The maximum atomic E-state index is 13.1. The highest BCUT2D eigenvalue weighted by Gasteiger charge is 2.28. The zero-order valence-electron chi connectivity index (χ0n) is 17.0. The summed E-state index contributed by atoms with van der Waals surface area (Å²) in [6.07, 6.45) is -1.12. The molecule has 3 aromatic carbocycles. The SMILES string of the molecule is Cc1cc(C)cc(NC(=O)C(OC(=O)c2sc3ccccc3c2Cl)c2ccccc2)c1. The first kappa shape index (κ1) is 21.1. The van der Waals surface area contributed by atoms with E-state index in [-0.39, 0.29) is 4.88 Å². The maximum absolute atomic E-state index is 13.1. The van der Waals surface area contributed by atoms with Crippen LogP contribution in [0.5, 0.6) is 0 Å². The minimum atomic E-state index is -1.12. The molecule has 1 amide bonds. The fraction of sp³-hybridized carbons (Fsp3) is 0.120. The van der Waals surface area contributed by atoms with Crippen molar-refractivity contribution >= 4 is 50.6 Å². The first-order valence-corrected chi connectivity index (χ1v) is 10.9. The Hall–Kier alpha value is -3.15. The second-order valence-electron chi connectivity index (χ2n) is 7.30. The van der Waals surface area contributed by atoms with Crippen LogP contribution in [-0.4, -0.2) is 11.9 Å². The standard InChI is InChI=1S/C25H20ClNO3S/c1-15-12-16(2)14-18(13-15)27-24(28)22(17-8-4-3-5-9-17)30-25(29)23-21(26)19-10-6-7-11-20(19)31-23/h3-14,22H,1-2H3,(H,27,28). The second kappa shape index (κ2) is 8.92. The van der Waals surface area contributed by atoms with E-state index in [2.05, 4.69) is 5.32 Å². The molecule has 0 aliphatic heterocycles. The topological polar surface area (TPSA) is 55.4 Å². The van der Waals surface area contributed by atoms with Crippen LogP contribution in [0.15, 0.2) is 72.8 Å². The van der Waals surface area contributed by atoms with Gasteiger partial charge in [0.05, 0.1) is 5.02 Å². The first-order chi connectivity index (χ1) is 14.9.